The van der Waals surface area contributed by atoms with Gasteiger partial charge in [-0.15, -0.1) is 0 Å². The lowest BCUT2D eigenvalue weighted by molar-refractivity contribution is 0.125. The van der Waals surface area contributed by atoms with Crippen LogP contribution in [0, 0.1) is 42.3 Å². The fraction of sp³-hybridized carbons (Fsp3) is 0.724. The highest BCUT2D eigenvalue weighted by Crippen LogP contribution is 2.47. The van der Waals surface area contributed by atoms with Crippen molar-refractivity contribution in [1.82, 2.24) is 0 Å². The highest BCUT2D eigenvalue weighted by molar-refractivity contribution is 5.68. The first kappa shape index (κ1) is 20.8. The minimum Gasteiger partial charge on any atom is -0.206 e. The Morgan fingerprint density at radius 3 is 1.90 bits per heavy atom. The van der Waals surface area contributed by atoms with Crippen LogP contribution in [-0.2, 0) is 0 Å². The summed E-state index contributed by atoms with van der Waals surface area (Å²) in [4.78, 5) is 0. The van der Waals surface area contributed by atoms with Gasteiger partial charge >= 0.3 is 0 Å². The first-order chi connectivity index (χ1) is 14.6. The highest BCUT2D eigenvalue weighted by atomic mass is 19.1. The first-order valence-corrected chi connectivity index (χ1v) is 13.1. The number of hydrogen-bond acceptors (Lipinski definition) is 0. The Hall–Kier alpha value is -1.11. The molecule has 1 unspecified atom stereocenters. The zero-order valence-corrected chi connectivity index (χ0v) is 19.3. The third-order valence-corrected chi connectivity index (χ3v) is 9.39. The van der Waals surface area contributed by atoms with Crippen LogP contribution >= 0.6 is 0 Å². The van der Waals surface area contributed by atoms with Gasteiger partial charge in [-0.05, 0) is 130 Å². The summed E-state index contributed by atoms with van der Waals surface area (Å²) in [5, 5.41) is 0. The maximum atomic E-state index is 15.3. The lowest BCUT2D eigenvalue weighted by Gasteiger charge is -2.40. The minimum atomic E-state index is 0.101. The van der Waals surface area contributed by atoms with Crippen LogP contribution in [-0.4, -0.2) is 0 Å². The molecule has 0 aliphatic heterocycles. The van der Waals surface area contributed by atoms with Crippen molar-refractivity contribution < 1.29 is 4.39 Å². The number of allylic oxidation sites excluding steroid dienone is 2. The van der Waals surface area contributed by atoms with Crippen molar-refractivity contribution >= 4 is 5.57 Å². The van der Waals surface area contributed by atoms with Crippen molar-refractivity contribution in [3.63, 3.8) is 0 Å². The molecule has 0 saturated heterocycles. The van der Waals surface area contributed by atoms with Gasteiger partial charge in [0.15, 0.2) is 0 Å². The molecule has 0 N–H and O–H groups in total. The summed E-state index contributed by atoms with van der Waals surface area (Å²) in [5.41, 5.74) is 4.37. The third-order valence-electron chi connectivity index (χ3n) is 9.39. The molecule has 4 aliphatic carbocycles. The highest BCUT2D eigenvalue weighted by Gasteiger charge is 2.34. The van der Waals surface area contributed by atoms with Gasteiger partial charge in [0, 0.05) is 5.56 Å². The van der Waals surface area contributed by atoms with Crippen molar-refractivity contribution in [2.45, 2.75) is 103 Å². The van der Waals surface area contributed by atoms with Crippen LogP contribution < -0.4 is 0 Å². The molecule has 1 aromatic rings. The summed E-state index contributed by atoms with van der Waals surface area (Å²) in [6.45, 7) is 4.52. The van der Waals surface area contributed by atoms with Crippen molar-refractivity contribution in [3.05, 3.63) is 40.7 Å². The largest absolute Gasteiger partial charge is 0.206 e. The molecule has 0 spiro atoms. The van der Waals surface area contributed by atoms with E-state index >= 15 is 4.39 Å². The average Bonchev–Trinajstić information content (AvgIpc) is 3.60. The van der Waals surface area contributed by atoms with Gasteiger partial charge in [0.2, 0.25) is 0 Å². The summed E-state index contributed by atoms with van der Waals surface area (Å²) in [5.74, 6) is 5.38. The van der Waals surface area contributed by atoms with E-state index in [1.165, 1.54) is 82.6 Å². The number of rotatable bonds is 4. The SMILES string of the molecule is Cc1ccc(C2=CCC(C3CCC(C4CCC(C)CC4)CC3)CC2)c(F)c1C1CC1. The van der Waals surface area contributed by atoms with Gasteiger partial charge in [-0.3, -0.25) is 0 Å². The molecule has 0 amide bonds. The molecule has 0 heterocycles. The molecular weight excluding hydrogens is 367 g/mol. The quantitative estimate of drug-likeness (QED) is 0.467. The van der Waals surface area contributed by atoms with Crippen LogP contribution in [0.2, 0.25) is 0 Å². The summed E-state index contributed by atoms with van der Waals surface area (Å²) in [6, 6.07) is 4.21. The van der Waals surface area contributed by atoms with Gasteiger partial charge in [0.1, 0.15) is 5.82 Å². The molecule has 0 nitrogen and oxygen atoms in total. The minimum absolute atomic E-state index is 0.101. The smallest absolute Gasteiger partial charge is 0.134 e. The Balaban J connectivity index is 1.18. The summed E-state index contributed by atoms with van der Waals surface area (Å²) in [6.07, 6.45) is 20.1. The van der Waals surface area contributed by atoms with E-state index in [-0.39, 0.29) is 5.82 Å². The molecule has 164 valence electrons. The number of hydrogen-bond donors (Lipinski definition) is 0. The molecule has 1 aromatic carbocycles. The topological polar surface area (TPSA) is 0 Å². The number of benzene rings is 1. The van der Waals surface area contributed by atoms with Crippen LogP contribution in [0.4, 0.5) is 4.39 Å². The second kappa shape index (κ2) is 8.79. The third kappa shape index (κ3) is 4.28. The zero-order chi connectivity index (χ0) is 20.7. The van der Waals surface area contributed by atoms with E-state index in [1.807, 2.05) is 0 Å². The maximum Gasteiger partial charge on any atom is 0.134 e. The zero-order valence-electron chi connectivity index (χ0n) is 19.3. The van der Waals surface area contributed by atoms with Crippen molar-refractivity contribution in [3.8, 4) is 0 Å². The molecule has 1 heteroatoms. The van der Waals surface area contributed by atoms with Crippen LogP contribution in [0.5, 0.6) is 0 Å². The van der Waals surface area contributed by atoms with Crippen molar-refractivity contribution in [2.24, 2.45) is 29.6 Å². The Kier molecular flexibility index (Phi) is 6.09. The van der Waals surface area contributed by atoms with E-state index < -0.39 is 0 Å². The van der Waals surface area contributed by atoms with E-state index in [9.17, 15) is 0 Å². The predicted octanol–water partition coefficient (Wildman–Crippen LogP) is 8.83. The molecule has 30 heavy (non-hydrogen) atoms. The van der Waals surface area contributed by atoms with E-state index in [4.69, 9.17) is 0 Å². The van der Waals surface area contributed by atoms with Gasteiger partial charge in [0.05, 0.1) is 0 Å². The lowest BCUT2D eigenvalue weighted by Crippen LogP contribution is -2.28. The maximum absolute atomic E-state index is 15.3. The van der Waals surface area contributed by atoms with E-state index in [0.29, 0.717) is 5.92 Å². The van der Waals surface area contributed by atoms with Gasteiger partial charge in [-0.25, -0.2) is 4.39 Å². The second-order valence-electron chi connectivity index (χ2n) is 11.4. The second-order valence-corrected chi connectivity index (χ2v) is 11.4. The predicted molar refractivity (Wildman–Crippen MR) is 125 cm³/mol. The molecule has 5 rings (SSSR count). The normalized spacial score (nSPS) is 35.2. The Labute approximate surface area is 183 Å². The number of halogens is 1. The van der Waals surface area contributed by atoms with Gasteiger partial charge in [-0.2, -0.15) is 0 Å². The Morgan fingerprint density at radius 2 is 1.33 bits per heavy atom. The molecular formula is C29H41F. The Morgan fingerprint density at radius 1 is 0.733 bits per heavy atom. The lowest BCUT2D eigenvalue weighted by atomic mass is 9.66. The van der Waals surface area contributed by atoms with E-state index in [2.05, 4.69) is 32.1 Å². The molecule has 3 saturated carbocycles. The van der Waals surface area contributed by atoms with Gasteiger partial charge in [0.25, 0.3) is 0 Å². The van der Waals surface area contributed by atoms with Crippen LogP contribution in [0.15, 0.2) is 18.2 Å². The van der Waals surface area contributed by atoms with Crippen molar-refractivity contribution in [1.29, 1.82) is 0 Å². The summed E-state index contributed by atoms with van der Waals surface area (Å²) in [7, 11) is 0. The van der Waals surface area contributed by atoms with Crippen LogP contribution in [0.25, 0.3) is 5.57 Å². The van der Waals surface area contributed by atoms with Crippen LogP contribution in [0.1, 0.15) is 113 Å². The monoisotopic (exact) mass is 408 g/mol. The standard InChI is InChI=1S/C29H41F/c1-19-3-6-21(7-4-19)22-8-10-23(11-9-22)24-12-14-25(15-13-24)27-18-5-20(2)28(29(27)30)26-16-17-26/h5,14,18-19,21-24,26H,3-4,6-13,15-17H2,1-2H3. The van der Waals surface area contributed by atoms with E-state index in [0.717, 1.165) is 52.7 Å². The number of aryl methyl sites for hydroxylation is 1. The fourth-order valence-corrected chi connectivity index (χ4v) is 7.18. The molecule has 4 aliphatic rings. The molecule has 1 atom stereocenters. The Bertz CT molecular complexity index is 770. The summed E-state index contributed by atoms with van der Waals surface area (Å²) < 4.78 is 15.3. The van der Waals surface area contributed by atoms with Crippen LogP contribution in [0.3, 0.4) is 0 Å². The van der Waals surface area contributed by atoms with Gasteiger partial charge < -0.3 is 0 Å². The molecule has 3 fully saturated rings. The first-order valence-electron chi connectivity index (χ1n) is 13.1. The molecule has 0 bridgehead atoms. The molecule has 0 radical (unpaired) electrons. The van der Waals surface area contributed by atoms with Crippen molar-refractivity contribution in [2.75, 3.05) is 0 Å². The van der Waals surface area contributed by atoms with Gasteiger partial charge in [-0.1, -0.05) is 38.0 Å². The summed E-state index contributed by atoms with van der Waals surface area (Å²) >= 11 is 0. The van der Waals surface area contributed by atoms with E-state index in [1.54, 1.807) is 0 Å². The molecule has 0 aromatic heterocycles. The average molecular weight is 409 g/mol. The fourth-order valence-electron chi connectivity index (χ4n) is 7.18.